The van der Waals surface area contributed by atoms with Gasteiger partial charge in [0.05, 0.1) is 15.6 Å². The summed E-state index contributed by atoms with van der Waals surface area (Å²) in [6, 6.07) is 4.20. The molecule has 1 aliphatic rings. The lowest BCUT2D eigenvalue weighted by atomic mass is 10.1. The average molecular weight is 427 g/mol. The third kappa shape index (κ3) is 3.71. The van der Waals surface area contributed by atoms with E-state index in [4.69, 9.17) is 4.74 Å². The van der Waals surface area contributed by atoms with Crippen LogP contribution in [-0.2, 0) is 5.33 Å². The maximum atomic E-state index is 5.94. The minimum Gasteiger partial charge on any atom is -0.491 e. The van der Waals surface area contributed by atoms with Crippen LogP contribution in [0.15, 0.2) is 21.1 Å². The van der Waals surface area contributed by atoms with Crippen LogP contribution in [0.3, 0.4) is 0 Å². The Hall–Kier alpha value is 0.460. The molecule has 0 unspecified atom stereocenters. The van der Waals surface area contributed by atoms with Crippen molar-refractivity contribution in [3.05, 3.63) is 26.6 Å². The van der Waals surface area contributed by atoms with Gasteiger partial charge in [-0.3, -0.25) is 0 Å². The second-order valence-corrected chi connectivity index (χ2v) is 6.75. The number of ether oxygens (including phenoxy) is 1. The Bertz CT molecular complexity index is 363. The van der Waals surface area contributed by atoms with Crippen molar-refractivity contribution in [1.29, 1.82) is 0 Å². The largest absolute Gasteiger partial charge is 0.491 e. The van der Waals surface area contributed by atoms with Gasteiger partial charge >= 0.3 is 0 Å². The Labute approximate surface area is 128 Å². The third-order valence-electron chi connectivity index (χ3n) is 3.15. The molecule has 0 amide bonds. The van der Waals surface area contributed by atoms with E-state index in [-0.39, 0.29) is 0 Å². The smallest absolute Gasteiger partial charge is 0.147 e. The molecule has 0 saturated heterocycles. The van der Waals surface area contributed by atoms with Crippen molar-refractivity contribution < 1.29 is 4.74 Å². The number of benzene rings is 1. The standard InChI is InChI=1S/C13H15Br3O/c14-7-10-5-11(15)13(12(16)6-10)17-8-9-3-1-2-4-9/h5-6,9H,1-4,7-8H2. The van der Waals surface area contributed by atoms with Gasteiger partial charge in [-0.2, -0.15) is 0 Å². The van der Waals surface area contributed by atoms with Crippen LogP contribution in [0.4, 0.5) is 0 Å². The summed E-state index contributed by atoms with van der Waals surface area (Å²) in [5.74, 6) is 1.67. The van der Waals surface area contributed by atoms with Gasteiger partial charge in [-0.15, -0.1) is 0 Å². The Morgan fingerprint density at radius 3 is 2.24 bits per heavy atom. The topological polar surface area (TPSA) is 9.23 Å². The van der Waals surface area contributed by atoms with Crippen LogP contribution in [0.5, 0.6) is 5.75 Å². The van der Waals surface area contributed by atoms with Gasteiger partial charge < -0.3 is 4.74 Å². The third-order valence-corrected chi connectivity index (χ3v) is 4.98. The first kappa shape index (κ1) is 13.9. The van der Waals surface area contributed by atoms with E-state index in [2.05, 4.69) is 59.9 Å². The summed E-state index contributed by atoms with van der Waals surface area (Å²) >= 11 is 10.6. The molecule has 1 saturated carbocycles. The van der Waals surface area contributed by atoms with Crippen LogP contribution >= 0.6 is 47.8 Å². The molecule has 0 N–H and O–H groups in total. The molecule has 0 aliphatic heterocycles. The highest BCUT2D eigenvalue weighted by molar-refractivity contribution is 9.11. The molecule has 4 heteroatoms. The summed E-state index contributed by atoms with van der Waals surface area (Å²) < 4.78 is 8.00. The summed E-state index contributed by atoms with van der Waals surface area (Å²) in [7, 11) is 0. The molecular formula is C13H15Br3O. The predicted molar refractivity (Wildman–Crippen MR) is 81.9 cm³/mol. The molecule has 0 radical (unpaired) electrons. The molecule has 1 fully saturated rings. The van der Waals surface area contributed by atoms with Crippen molar-refractivity contribution in [2.75, 3.05) is 6.61 Å². The van der Waals surface area contributed by atoms with Gasteiger partial charge in [-0.25, -0.2) is 0 Å². The highest BCUT2D eigenvalue weighted by Crippen LogP contribution is 2.36. The fraction of sp³-hybridized carbons (Fsp3) is 0.538. The lowest BCUT2D eigenvalue weighted by Crippen LogP contribution is -2.08. The van der Waals surface area contributed by atoms with E-state index in [0.717, 1.165) is 32.5 Å². The van der Waals surface area contributed by atoms with Gasteiger partial charge in [0.2, 0.25) is 0 Å². The van der Waals surface area contributed by atoms with Gasteiger partial charge in [-0.1, -0.05) is 28.8 Å². The molecule has 0 spiro atoms. The van der Waals surface area contributed by atoms with Crippen LogP contribution in [0.1, 0.15) is 31.2 Å². The quantitative estimate of drug-likeness (QED) is 0.563. The number of alkyl halides is 1. The Balaban J connectivity index is 2.04. The molecule has 2 rings (SSSR count). The molecule has 1 nitrogen and oxygen atoms in total. The highest BCUT2D eigenvalue weighted by atomic mass is 79.9. The van der Waals surface area contributed by atoms with Gasteiger partial charge in [0.25, 0.3) is 0 Å². The van der Waals surface area contributed by atoms with Gasteiger partial charge in [0.15, 0.2) is 0 Å². The minimum atomic E-state index is 0.740. The summed E-state index contributed by atoms with van der Waals surface area (Å²) in [5.41, 5.74) is 1.23. The van der Waals surface area contributed by atoms with Crippen LogP contribution in [0, 0.1) is 5.92 Å². The zero-order chi connectivity index (χ0) is 12.3. The molecule has 17 heavy (non-hydrogen) atoms. The molecule has 0 atom stereocenters. The fourth-order valence-electron chi connectivity index (χ4n) is 2.21. The van der Waals surface area contributed by atoms with Crippen molar-refractivity contribution in [3.8, 4) is 5.75 Å². The van der Waals surface area contributed by atoms with E-state index in [9.17, 15) is 0 Å². The number of halogens is 3. The van der Waals surface area contributed by atoms with Crippen molar-refractivity contribution in [2.45, 2.75) is 31.0 Å². The van der Waals surface area contributed by atoms with E-state index in [0.29, 0.717) is 0 Å². The SMILES string of the molecule is BrCc1cc(Br)c(OCC2CCCC2)c(Br)c1. The van der Waals surface area contributed by atoms with Crippen LogP contribution in [0.2, 0.25) is 0 Å². The van der Waals surface area contributed by atoms with Crippen molar-refractivity contribution in [2.24, 2.45) is 5.92 Å². The van der Waals surface area contributed by atoms with Crippen LogP contribution in [-0.4, -0.2) is 6.61 Å². The highest BCUT2D eigenvalue weighted by Gasteiger charge is 2.17. The molecular weight excluding hydrogens is 412 g/mol. The summed E-state index contributed by atoms with van der Waals surface area (Å²) in [5, 5.41) is 0.854. The normalized spacial score (nSPS) is 16.4. The van der Waals surface area contributed by atoms with Gasteiger partial charge in [0.1, 0.15) is 5.75 Å². The van der Waals surface area contributed by atoms with Crippen LogP contribution < -0.4 is 4.74 Å². The van der Waals surface area contributed by atoms with Crippen LogP contribution in [0.25, 0.3) is 0 Å². The Morgan fingerprint density at radius 2 is 1.71 bits per heavy atom. The Kier molecular flexibility index (Phi) is 5.37. The molecule has 1 aromatic rings. The average Bonchev–Trinajstić information content (AvgIpc) is 2.80. The van der Waals surface area contributed by atoms with Gasteiger partial charge in [-0.05, 0) is 68.3 Å². The van der Waals surface area contributed by atoms with Crippen molar-refractivity contribution >= 4 is 47.8 Å². The number of hydrogen-bond donors (Lipinski definition) is 0. The van der Waals surface area contributed by atoms with E-state index < -0.39 is 0 Å². The predicted octanol–water partition coefficient (Wildman–Crippen LogP) is 5.68. The molecule has 94 valence electrons. The number of rotatable bonds is 4. The molecule has 0 aromatic heterocycles. The van der Waals surface area contributed by atoms with Crippen molar-refractivity contribution in [1.82, 2.24) is 0 Å². The maximum absolute atomic E-state index is 5.94. The zero-order valence-corrected chi connectivity index (χ0v) is 14.3. The summed E-state index contributed by atoms with van der Waals surface area (Å²) in [4.78, 5) is 0. The first-order valence-corrected chi connectivity index (χ1v) is 8.58. The monoisotopic (exact) mass is 424 g/mol. The van der Waals surface area contributed by atoms with E-state index in [1.807, 2.05) is 0 Å². The second-order valence-electron chi connectivity index (χ2n) is 4.48. The lowest BCUT2D eigenvalue weighted by molar-refractivity contribution is 0.249. The number of hydrogen-bond acceptors (Lipinski definition) is 1. The lowest BCUT2D eigenvalue weighted by Gasteiger charge is -2.14. The zero-order valence-electron chi connectivity index (χ0n) is 9.52. The Morgan fingerprint density at radius 1 is 1.12 bits per heavy atom. The first-order chi connectivity index (χ1) is 8.20. The van der Waals surface area contributed by atoms with E-state index in [1.165, 1.54) is 31.2 Å². The molecule has 0 heterocycles. The van der Waals surface area contributed by atoms with E-state index >= 15 is 0 Å². The first-order valence-electron chi connectivity index (χ1n) is 5.87. The van der Waals surface area contributed by atoms with Crippen molar-refractivity contribution in [3.63, 3.8) is 0 Å². The van der Waals surface area contributed by atoms with E-state index in [1.54, 1.807) is 0 Å². The fourth-order valence-corrected chi connectivity index (χ4v) is 4.04. The molecule has 0 bridgehead atoms. The second kappa shape index (κ2) is 6.58. The maximum Gasteiger partial charge on any atom is 0.147 e. The summed E-state index contributed by atoms with van der Waals surface area (Å²) in [6.07, 6.45) is 5.35. The summed E-state index contributed by atoms with van der Waals surface area (Å²) in [6.45, 7) is 0.838. The molecule has 1 aliphatic carbocycles. The minimum absolute atomic E-state index is 0.740. The van der Waals surface area contributed by atoms with Gasteiger partial charge in [0, 0.05) is 5.33 Å². The molecule has 1 aromatic carbocycles.